The minimum absolute atomic E-state index is 0.160. The molecule has 1 aliphatic heterocycles. The molecule has 1 saturated carbocycles. The lowest BCUT2D eigenvalue weighted by atomic mass is 9.87. The molecule has 1 amide bonds. The molecule has 0 radical (unpaired) electrons. The van der Waals surface area contributed by atoms with Crippen molar-refractivity contribution in [1.82, 2.24) is 14.9 Å². The van der Waals surface area contributed by atoms with Gasteiger partial charge in [-0.05, 0) is 38.5 Å². The van der Waals surface area contributed by atoms with E-state index in [4.69, 9.17) is 5.26 Å². The molecule has 128 valence electrons. The quantitative estimate of drug-likeness (QED) is 0.872. The number of amides is 1. The number of rotatable bonds is 3. The highest BCUT2D eigenvalue weighted by atomic mass is 16.3. The summed E-state index contributed by atoms with van der Waals surface area (Å²) >= 11 is 0. The van der Waals surface area contributed by atoms with Crippen LogP contribution in [0.5, 0.6) is 0 Å². The molecule has 7 heteroatoms. The Hall–Kier alpha value is -2.20. The first-order valence-corrected chi connectivity index (χ1v) is 8.61. The largest absolute Gasteiger partial charge is 0.391 e. The Bertz CT molecular complexity index is 622. The van der Waals surface area contributed by atoms with Gasteiger partial charge in [-0.2, -0.15) is 5.26 Å². The van der Waals surface area contributed by atoms with Gasteiger partial charge in [0, 0.05) is 31.1 Å². The number of aliphatic hydroxyl groups excluding tert-OH is 1. The Morgan fingerprint density at radius 2 is 2.08 bits per heavy atom. The summed E-state index contributed by atoms with van der Waals surface area (Å²) in [5, 5.41) is 22.0. The molecule has 24 heavy (non-hydrogen) atoms. The predicted octanol–water partition coefficient (Wildman–Crippen LogP) is 1.57. The number of hydrogen-bond acceptors (Lipinski definition) is 6. The molecular weight excluding hydrogens is 306 g/mol. The highest BCUT2D eigenvalue weighted by Gasteiger charge is 2.25. The van der Waals surface area contributed by atoms with E-state index in [1.807, 2.05) is 0 Å². The number of carbonyl (C=O) groups is 1. The van der Waals surface area contributed by atoms with Crippen molar-refractivity contribution in [2.75, 3.05) is 18.4 Å². The van der Waals surface area contributed by atoms with E-state index in [1.165, 1.54) is 6.33 Å². The lowest BCUT2D eigenvalue weighted by molar-refractivity contribution is 0.0469. The molecule has 1 aliphatic carbocycles. The van der Waals surface area contributed by atoms with Gasteiger partial charge in [0.1, 0.15) is 17.8 Å². The first-order chi connectivity index (χ1) is 11.7. The van der Waals surface area contributed by atoms with Crippen molar-refractivity contribution < 1.29 is 9.90 Å². The van der Waals surface area contributed by atoms with Crippen LogP contribution in [0.2, 0.25) is 0 Å². The fraction of sp³-hybridized carbons (Fsp3) is 0.647. The Kier molecular flexibility index (Phi) is 5.26. The van der Waals surface area contributed by atoms with E-state index in [9.17, 15) is 9.90 Å². The van der Waals surface area contributed by atoms with Crippen LogP contribution in [0.1, 0.15) is 49.0 Å². The molecule has 0 aromatic carbocycles. The number of β-amino-alcohol motifs (C(OH)–C–C–N with tert-alkyl or cyclic N) is 1. The minimum Gasteiger partial charge on any atom is -0.391 e. The molecule has 1 aromatic rings. The van der Waals surface area contributed by atoms with Gasteiger partial charge in [-0.1, -0.05) is 0 Å². The van der Waals surface area contributed by atoms with Crippen LogP contribution in [-0.4, -0.2) is 51.1 Å². The van der Waals surface area contributed by atoms with Crippen molar-refractivity contribution >= 4 is 11.7 Å². The Morgan fingerprint density at radius 1 is 1.29 bits per heavy atom. The average molecular weight is 329 g/mol. The van der Waals surface area contributed by atoms with Crippen molar-refractivity contribution in [3.8, 4) is 6.07 Å². The number of carbonyl (C=O) groups excluding carboxylic acids is 1. The Labute approximate surface area is 141 Å². The van der Waals surface area contributed by atoms with Crippen LogP contribution in [0.15, 0.2) is 12.4 Å². The number of nitrogens with zero attached hydrogens (tertiary/aromatic N) is 4. The van der Waals surface area contributed by atoms with E-state index in [-0.39, 0.29) is 17.9 Å². The number of nitriles is 1. The third-order valence-corrected chi connectivity index (χ3v) is 4.83. The molecular formula is C17H23N5O2. The van der Waals surface area contributed by atoms with Crippen LogP contribution in [-0.2, 0) is 0 Å². The van der Waals surface area contributed by atoms with E-state index < -0.39 is 6.10 Å². The van der Waals surface area contributed by atoms with Crippen LogP contribution >= 0.6 is 0 Å². The van der Waals surface area contributed by atoms with E-state index in [2.05, 4.69) is 21.4 Å². The summed E-state index contributed by atoms with van der Waals surface area (Å²) in [6, 6.07) is 4.29. The number of hydrogen-bond donors (Lipinski definition) is 2. The van der Waals surface area contributed by atoms with Crippen molar-refractivity contribution in [3.63, 3.8) is 0 Å². The normalized spacial score (nSPS) is 27.3. The first-order valence-electron chi connectivity index (χ1n) is 8.61. The van der Waals surface area contributed by atoms with Crippen LogP contribution in [0.25, 0.3) is 0 Å². The second kappa shape index (κ2) is 7.58. The van der Waals surface area contributed by atoms with E-state index in [0.717, 1.165) is 38.5 Å². The zero-order valence-corrected chi connectivity index (χ0v) is 13.7. The topological polar surface area (TPSA) is 102 Å². The number of likely N-dealkylation sites (tertiary alicyclic amines) is 1. The molecule has 2 heterocycles. The van der Waals surface area contributed by atoms with Gasteiger partial charge in [-0.3, -0.25) is 4.79 Å². The van der Waals surface area contributed by atoms with Crippen LogP contribution in [0.3, 0.4) is 0 Å². The highest BCUT2D eigenvalue weighted by Crippen LogP contribution is 2.25. The van der Waals surface area contributed by atoms with Gasteiger partial charge in [0.2, 0.25) is 0 Å². The SMILES string of the molecule is N#CC1CCC(Nc2cc(C(=O)N3CCCC(O)C3)ncn2)CC1. The summed E-state index contributed by atoms with van der Waals surface area (Å²) in [7, 11) is 0. The van der Waals surface area contributed by atoms with Gasteiger partial charge in [0.25, 0.3) is 5.91 Å². The number of aliphatic hydroxyl groups is 1. The van der Waals surface area contributed by atoms with Gasteiger partial charge < -0.3 is 15.3 Å². The Balaban J connectivity index is 1.62. The second-order valence-corrected chi connectivity index (χ2v) is 6.66. The number of nitrogens with one attached hydrogen (secondary N) is 1. The molecule has 1 unspecified atom stereocenters. The number of piperidine rings is 1. The third-order valence-electron chi connectivity index (χ3n) is 4.83. The van der Waals surface area contributed by atoms with Crippen LogP contribution in [0.4, 0.5) is 5.82 Å². The molecule has 1 atom stereocenters. The zero-order valence-electron chi connectivity index (χ0n) is 13.7. The predicted molar refractivity (Wildman–Crippen MR) is 88.2 cm³/mol. The number of aromatic nitrogens is 2. The maximum atomic E-state index is 12.5. The van der Waals surface area contributed by atoms with Gasteiger partial charge in [0.15, 0.2) is 0 Å². The minimum atomic E-state index is -0.447. The molecule has 2 N–H and O–H groups in total. The van der Waals surface area contributed by atoms with E-state index in [0.29, 0.717) is 24.6 Å². The molecule has 3 rings (SSSR count). The zero-order chi connectivity index (χ0) is 16.9. The second-order valence-electron chi connectivity index (χ2n) is 6.66. The van der Waals surface area contributed by atoms with Gasteiger partial charge in [-0.15, -0.1) is 0 Å². The lowest BCUT2D eigenvalue weighted by Crippen LogP contribution is -2.42. The smallest absolute Gasteiger partial charge is 0.272 e. The molecule has 2 fully saturated rings. The maximum absolute atomic E-state index is 12.5. The molecule has 2 aliphatic rings. The van der Waals surface area contributed by atoms with Crippen molar-refractivity contribution in [3.05, 3.63) is 18.1 Å². The van der Waals surface area contributed by atoms with Crippen molar-refractivity contribution in [1.29, 1.82) is 5.26 Å². The summed E-state index contributed by atoms with van der Waals surface area (Å²) in [5.41, 5.74) is 0.354. The van der Waals surface area contributed by atoms with Gasteiger partial charge in [0.05, 0.1) is 12.2 Å². The van der Waals surface area contributed by atoms with Crippen LogP contribution in [0, 0.1) is 17.2 Å². The van der Waals surface area contributed by atoms with Gasteiger partial charge >= 0.3 is 0 Å². The van der Waals surface area contributed by atoms with Crippen LogP contribution < -0.4 is 5.32 Å². The summed E-state index contributed by atoms with van der Waals surface area (Å²) in [6.45, 7) is 1.02. The first kappa shape index (κ1) is 16.7. The molecule has 7 nitrogen and oxygen atoms in total. The fourth-order valence-corrected chi connectivity index (χ4v) is 3.43. The fourth-order valence-electron chi connectivity index (χ4n) is 3.43. The molecule has 0 spiro atoms. The summed E-state index contributed by atoms with van der Waals surface area (Å²) in [4.78, 5) is 22.5. The highest BCUT2D eigenvalue weighted by molar-refractivity contribution is 5.93. The monoisotopic (exact) mass is 329 g/mol. The summed E-state index contributed by atoms with van der Waals surface area (Å²) in [5.74, 6) is 0.648. The Morgan fingerprint density at radius 3 is 2.79 bits per heavy atom. The molecule has 1 aromatic heterocycles. The lowest BCUT2D eigenvalue weighted by Gasteiger charge is -2.30. The average Bonchev–Trinajstić information content (AvgIpc) is 2.62. The maximum Gasteiger partial charge on any atom is 0.272 e. The van der Waals surface area contributed by atoms with Gasteiger partial charge in [-0.25, -0.2) is 9.97 Å². The number of anilines is 1. The standard InChI is InChI=1S/C17H23N5O2/c18-9-12-3-5-13(6-4-12)21-16-8-15(19-11-20-16)17(24)22-7-1-2-14(23)10-22/h8,11-14,23H,1-7,10H2,(H,19,20,21). The summed E-state index contributed by atoms with van der Waals surface area (Å²) < 4.78 is 0. The molecule has 1 saturated heterocycles. The van der Waals surface area contributed by atoms with Crippen molar-refractivity contribution in [2.45, 2.75) is 50.7 Å². The van der Waals surface area contributed by atoms with Crippen molar-refractivity contribution in [2.24, 2.45) is 5.92 Å². The third kappa shape index (κ3) is 4.01. The summed E-state index contributed by atoms with van der Waals surface area (Å²) in [6.07, 6.45) is 6.17. The molecule has 0 bridgehead atoms. The van der Waals surface area contributed by atoms with E-state index >= 15 is 0 Å². The van der Waals surface area contributed by atoms with E-state index in [1.54, 1.807) is 11.0 Å².